The Morgan fingerprint density at radius 1 is 1.47 bits per heavy atom. The van der Waals surface area contributed by atoms with Gasteiger partial charge in [0.1, 0.15) is 5.78 Å². The fourth-order valence-electron chi connectivity index (χ4n) is 1.60. The third kappa shape index (κ3) is 4.26. The number of hydrogen-bond donors (Lipinski definition) is 0. The lowest BCUT2D eigenvalue weighted by molar-refractivity contribution is -0.385. The Balaban J connectivity index is 2.91. The molecule has 1 aromatic rings. The van der Waals surface area contributed by atoms with Crippen LogP contribution >= 0.6 is 15.9 Å². The van der Waals surface area contributed by atoms with Crippen LogP contribution in [0.4, 0.5) is 5.69 Å². The minimum Gasteiger partial charge on any atom is -0.299 e. The second kappa shape index (κ2) is 5.91. The fraction of sp³-hybridized carbons (Fsp3) is 0.417. The van der Waals surface area contributed by atoms with E-state index in [-0.39, 0.29) is 23.8 Å². The smallest absolute Gasteiger partial charge is 0.274 e. The SMILES string of the molecule is CC(C)CC(=O)Cc1ccc(Br)cc1[N+](=O)[O-]. The Labute approximate surface area is 108 Å². The number of Topliss-reactive ketones (excluding diaryl/α,β-unsaturated/α-hetero) is 1. The van der Waals surface area contributed by atoms with Crippen LogP contribution in [0.1, 0.15) is 25.8 Å². The molecule has 0 radical (unpaired) electrons. The number of ketones is 1. The van der Waals surface area contributed by atoms with E-state index in [1.807, 2.05) is 13.8 Å². The molecular formula is C12H14BrNO3. The lowest BCUT2D eigenvalue weighted by Gasteiger charge is -2.05. The minimum absolute atomic E-state index is 0.00326. The molecule has 0 bridgehead atoms. The van der Waals surface area contributed by atoms with Crippen molar-refractivity contribution in [2.45, 2.75) is 26.7 Å². The first-order valence-corrected chi connectivity index (χ1v) is 6.14. The molecule has 0 aliphatic carbocycles. The predicted molar refractivity (Wildman–Crippen MR) is 69.0 cm³/mol. The summed E-state index contributed by atoms with van der Waals surface area (Å²) in [4.78, 5) is 22.0. The van der Waals surface area contributed by atoms with Crippen LogP contribution < -0.4 is 0 Å². The van der Waals surface area contributed by atoms with Crippen molar-refractivity contribution in [3.63, 3.8) is 0 Å². The summed E-state index contributed by atoms with van der Waals surface area (Å²) in [6.45, 7) is 3.90. The average Bonchev–Trinajstić information content (AvgIpc) is 2.19. The van der Waals surface area contributed by atoms with Gasteiger partial charge in [0.05, 0.1) is 4.92 Å². The Hall–Kier alpha value is -1.23. The highest BCUT2D eigenvalue weighted by Gasteiger charge is 2.17. The lowest BCUT2D eigenvalue weighted by atomic mass is 10.0. The third-order valence-corrected chi connectivity index (χ3v) is 2.76. The molecule has 0 heterocycles. The van der Waals surface area contributed by atoms with Crippen molar-refractivity contribution < 1.29 is 9.72 Å². The van der Waals surface area contributed by atoms with E-state index in [4.69, 9.17) is 0 Å². The molecule has 5 heteroatoms. The average molecular weight is 300 g/mol. The van der Waals surface area contributed by atoms with Crippen LogP contribution in [-0.4, -0.2) is 10.7 Å². The number of benzene rings is 1. The maximum Gasteiger partial charge on any atom is 0.274 e. The summed E-state index contributed by atoms with van der Waals surface area (Å²) in [6, 6.07) is 4.77. The Bertz CT molecular complexity index is 443. The van der Waals surface area contributed by atoms with Gasteiger partial charge < -0.3 is 0 Å². The normalized spacial score (nSPS) is 10.6. The van der Waals surface area contributed by atoms with Gasteiger partial charge in [-0.2, -0.15) is 0 Å². The largest absolute Gasteiger partial charge is 0.299 e. The molecule has 0 aliphatic rings. The second-order valence-corrected chi connectivity index (χ2v) is 5.26. The molecule has 0 unspecified atom stereocenters. The summed E-state index contributed by atoms with van der Waals surface area (Å²) in [6.07, 6.45) is 0.578. The van der Waals surface area contributed by atoms with Crippen LogP contribution in [0.25, 0.3) is 0 Å². The van der Waals surface area contributed by atoms with Gasteiger partial charge in [-0.3, -0.25) is 14.9 Å². The molecule has 0 aliphatic heterocycles. The zero-order valence-electron chi connectivity index (χ0n) is 9.77. The zero-order chi connectivity index (χ0) is 13.0. The molecule has 0 saturated heterocycles. The van der Waals surface area contributed by atoms with Crippen molar-refractivity contribution in [3.05, 3.63) is 38.3 Å². The van der Waals surface area contributed by atoms with Crippen molar-refractivity contribution in [1.82, 2.24) is 0 Å². The first-order chi connectivity index (χ1) is 7.90. The maximum absolute atomic E-state index is 11.6. The molecule has 92 valence electrons. The first kappa shape index (κ1) is 13.8. The second-order valence-electron chi connectivity index (χ2n) is 4.34. The maximum atomic E-state index is 11.6. The van der Waals surface area contributed by atoms with E-state index in [1.165, 1.54) is 6.07 Å². The fourth-order valence-corrected chi connectivity index (χ4v) is 1.95. The molecule has 0 fully saturated rings. The van der Waals surface area contributed by atoms with Crippen molar-refractivity contribution in [3.8, 4) is 0 Å². The van der Waals surface area contributed by atoms with E-state index >= 15 is 0 Å². The van der Waals surface area contributed by atoms with E-state index < -0.39 is 4.92 Å². The number of hydrogen-bond acceptors (Lipinski definition) is 3. The van der Waals surface area contributed by atoms with Gasteiger partial charge in [-0.25, -0.2) is 0 Å². The van der Waals surface area contributed by atoms with Gasteiger partial charge in [0.15, 0.2) is 0 Å². The van der Waals surface area contributed by atoms with Crippen molar-refractivity contribution in [2.75, 3.05) is 0 Å². The summed E-state index contributed by atoms with van der Waals surface area (Å²) < 4.78 is 0.643. The van der Waals surface area contributed by atoms with Crippen molar-refractivity contribution >= 4 is 27.4 Å². The highest BCUT2D eigenvalue weighted by Crippen LogP contribution is 2.24. The van der Waals surface area contributed by atoms with Gasteiger partial charge in [0, 0.05) is 28.9 Å². The van der Waals surface area contributed by atoms with E-state index in [0.717, 1.165) is 0 Å². The van der Waals surface area contributed by atoms with Gasteiger partial charge in [0.25, 0.3) is 5.69 Å². The van der Waals surface area contributed by atoms with Crippen LogP contribution in [0.3, 0.4) is 0 Å². The standard InChI is InChI=1S/C12H14BrNO3/c1-8(2)5-11(15)6-9-3-4-10(13)7-12(9)14(16)17/h3-4,7-8H,5-6H2,1-2H3. The minimum atomic E-state index is -0.456. The van der Waals surface area contributed by atoms with Crippen molar-refractivity contribution in [2.24, 2.45) is 5.92 Å². The van der Waals surface area contributed by atoms with Crippen LogP contribution in [0, 0.1) is 16.0 Å². The Kier molecular flexibility index (Phi) is 4.81. The van der Waals surface area contributed by atoms with Gasteiger partial charge in [-0.15, -0.1) is 0 Å². The van der Waals surface area contributed by atoms with E-state index in [1.54, 1.807) is 12.1 Å². The molecule has 17 heavy (non-hydrogen) atoms. The van der Waals surface area contributed by atoms with Crippen LogP contribution in [-0.2, 0) is 11.2 Å². The zero-order valence-corrected chi connectivity index (χ0v) is 11.4. The molecule has 0 amide bonds. The molecule has 0 aromatic heterocycles. The molecule has 0 spiro atoms. The number of rotatable bonds is 5. The quantitative estimate of drug-likeness (QED) is 0.617. The van der Waals surface area contributed by atoms with Crippen LogP contribution in [0.15, 0.2) is 22.7 Å². The number of carbonyl (C=O) groups excluding carboxylic acids is 1. The summed E-state index contributed by atoms with van der Waals surface area (Å²) in [5, 5.41) is 10.9. The van der Waals surface area contributed by atoms with E-state index in [9.17, 15) is 14.9 Å². The Morgan fingerprint density at radius 2 is 2.12 bits per heavy atom. The number of nitro groups is 1. The molecule has 0 N–H and O–H groups in total. The van der Waals surface area contributed by atoms with Gasteiger partial charge in [0.2, 0.25) is 0 Å². The highest BCUT2D eigenvalue weighted by molar-refractivity contribution is 9.10. The summed E-state index contributed by atoms with van der Waals surface area (Å²) in [5.74, 6) is 0.308. The number of nitro benzene ring substituents is 1. The first-order valence-electron chi connectivity index (χ1n) is 5.34. The summed E-state index contributed by atoms with van der Waals surface area (Å²) in [5.41, 5.74) is 0.473. The van der Waals surface area contributed by atoms with Crippen LogP contribution in [0.2, 0.25) is 0 Å². The molecule has 0 saturated carbocycles. The number of nitrogens with zero attached hydrogens (tertiary/aromatic N) is 1. The van der Waals surface area contributed by atoms with Crippen molar-refractivity contribution in [1.29, 1.82) is 0 Å². The van der Waals surface area contributed by atoms with Crippen LogP contribution in [0.5, 0.6) is 0 Å². The number of halogens is 1. The molecular weight excluding hydrogens is 286 g/mol. The number of carbonyl (C=O) groups is 1. The lowest BCUT2D eigenvalue weighted by Crippen LogP contribution is -2.08. The molecule has 4 nitrogen and oxygen atoms in total. The summed E-state index contributed by atoms with van der Waals surface area (Å²) >= 11 is 3.18. The highest BCUT2D eigenvalue weighted by atomic mass is 79.9. The summed E-state index contributed by atoms with van der Waals surface area (Å²) in [7, 11) is 0. The predicted octanol–water partition coefficient (Wildman–Crippen LogP) is 3.52. The Morgan fingerprint density at radius 3 is 2.65 bits per heavy atom. The third-order valence-electron chi connectivity index (χ3n) is 2.27. The monoisotopic (exact) mass is 299 g/mol. The van der Waals surface area contributed by atoms with Gasteiger partial charge >= 0.3 is 0 Å². The van der Waals surface area contributed by atoms with E-state index in [0.29, 0.717) is 16.5 Å². The molecule has 1 aromatic carbocycles. The van der Waals surface area contributed by atoms with Gasteiger partial charge in [-0.1, -0.05) is 35.8 Å². The molecule has 0 atom stereocenters. The molecule has 1 rings (SSSR count). The topological polar surface area (TPSA) is 60.2 Å². The van der Waals surface area contributed by atoms with E-state index in [2.05, 4.69) is 15.9 Å². The van der Waals surface area contributed by atoms with Gasteiger partial charge in [-0.05, 0) is 12.0 Å².